The molecule has 0 unspecified atom stereocenters. The molecule has 3 nitrogen and oxygen atoms in total. The first kappa shape index (κ1) is 15.9. The van der Waals surface area contributed by atoms with Gasteiger partial charge in [0.1, 0.15) is 0 Å². The van der Waals surface area contributed by atoms with E-state index in [1.165, 1.54) is 65.0 Å². The molecule has 0 saturated carbocycles. The van der Waals surface area contributed by atoms with Gasteiger partial charge in [0, 0.05) is 39.9 Å². The second-order valence-corrected chi connectivity index (χ2v) is 5.53. The largest absolute Gasteiger partial charge is 0.384 e. The van der Waals surface area contributed by atoms with Gasteiger partial charge in [-0.2, -0.15) is 0 Å². The normalized spacial score (nSPS) is 20.2. The zero-order valence-electron chi connectivity index (χ0n) is 12.7. The zero-order chi connectivity index (χ0) is 13.2. The van der Waals surface area contributed by atoms with Crippen molar-refractivity contribution >= 4 is 0 Å². The van der Waals surface area contributed by atoms with Gasteiger partial charge in [0.05, 0.1) is 0 Å². The van der Waals surface area contributed by atoms with Gasteiger partial charge in [-0.05, 0) is 38.3 Å². The molecule has 0 bridgehead atoms. The number of piperazine rings is 1. The van der Waals surface area contributed by atoms with Crippen LogP contribution in [0.25, 0.3) is 0 Å². The molecule has 108 valence electrons. The molecule has 1 heterocycles. The lowest BCUT2D eigenvalue weighted by molar-refractivity contribution is 0.121. The molecular weight excluding hydrogens is 224 g/mol. The summed E-state index contributed by atoms with van der Waals surface area (Å²) in [6.45, 7) is 13.0. The third-order valence-electron chi connectivity index (χ3n) is 4.10. The molecule has 0 aromatic rings. The number of nitrogens with zero attached hydrogens (tertiary/aromatic N) is 2. The monoisotopic (exact) mass is 256 g/mol. The molecule has 1 saturated heterocycles. The third kappa shape index (κ3) is 6.17. The van der Waals surface area contributed by atoms with Crippen LogP contribution in [0, 0.1) is 5.92 Å². The number of rotatable bonds is 9. The minimum atomic E-state index is 0.775. The Hall–Kier alpha value is -0.120. The molecule has 0 N–H and O–H groups in total. The van der Waals surface area contributed by atoms with Crippen LogP contribution in [-0.4, -0.2) is 62.8 Å². The van der Waals surface area contributed by atoms with Crippen molar-refractivity contribution in [2.75, 3.05) is 53.0 Å². The number of hydrogen-bond donors (Lipinski definition) is 0. The Labute approximate surface area is 113 Å². The Morgan fingerprint density at radius 2 is 1.67 bits per heavy atom. The molecule has 1 rings (SSSR count). The Balaban J connectivity index is 2.09. The van der Waals surface area contributed by atoms with Gasteiger partial charge in [0.2, 0.25) is 0 Å². The molecule has 1 aliphatic heterocycles. The lowest BCUT2D eigenvalue weighted by Gasteiger charge is -2.34. The van der Waals surface area contributed by atoms with Gasteiger partial charge in [-0.3, -0.25) is 0 Å². The highest BCUT2D eigenvalue weighted by atomic mass is 16.5. The van der Waals surface area contributed by atoms with Gasteiger partial charge < -0.3 is 14.5 Å². The summed E-state index contributed by atoms with van der Waals surface area (Å²) in [6, 6.07) is 0. The highest BCUT2D eigenvalue weighted by molar-refractivity contribution is 4.71. The average molecular weight is 256 g/mol. The highest BCUT2D eigenvalue weighted by Gasteiger charge is 2.15. The average Bonchev–Trinajstić information content (AvgIpc) is 2.40. The van der Waals surface area contributed by atoms with Crippen LogP contribution in [0.2, 0.25) is 0 Å². The lowest BCUT2D eigenvalue weighted by Crippen LogP contribution is -2.46. The minimum Gasteiger partial charge on any atom is -0.384 e. The molecule has 0 aromatic heterocycles. The zero-order valence-corrected chi connectivity index (χ0v) is 12.7. The van der Waals surface area contributed by atoms with Crippen LogP contribution in [0.3, 0.4) is 0 Å². The van der Waals surface area contributed by atoms with Crippen molar-refractivity contribution in [2.24, 2.45) is 5.92 Å². The van der Waals surface area contributed by atoms with Gasteiger partial charge >= 0.3 is 0 Å². The van der Waals surface area contributed by atoms with E-state index < -0.39 is 0 Å². The maximum Gasteiger partial charge on any atom is 0.0490 e. The minimum absolute atomic E-state index is 0.775. The number of ether oxygens (including phenoxy) is 1. The van der Waals surface area contributed by atoms with E-state index in [0.717, 1.165) is 12.5 Å². The third-order valence-corrected chi connectivity index (χ3v) is 4.10. The molecule has 0 radical (unpaired) electrons. The van der Waals surface area contributed by atoms with Crippen LogP contribution >= 0.6 is 0 Å². The number of likely N-dealkylation sites (N-methyl/N-ethyl adjacent to an activating group) is 1. The summed E-state index contributed by atoms with van der Waals surface area (Å²) in [4.78, 5) is 5.17. The van der Waals surface area contributed by atoms with Gasteiger partial charge in [0.15, 0.2) is 0 Å². The second kappa shape index (κ2) is 9.76. The van der Waals surface area contributed by atoms with E-state index in [0.29, 0.717) is 0 Å². The Morgan fingerprint density at radius 1 is 1.00 bits per heavy atom. The Kier molecular flexibility index (Phi) is 8.64. The predicted molar refractivity (Wildman–Crippen MR) is 78.1 cm³/mol. The predicted octanol–water partition coefficient (Wildman–Crippen LogP) is 2.47. The molecule has 18 heavy (non-hydrogen) atoms. The van der Waals surface area contributed by atoms with Gasteiger partial charge in [-0.25, -0.2) is 0 Å². The molecule has 1 aliphatic rings. The smallest absolute Gasteiger partial charge is 0.0490 e. The van der Waals surface area contributed by atoms with E-state index in [9.17, 15) is 0 Å². The fraction of sp³-hybridized carbons (Fsp3) is 1.00. The Morgan fingerprint density at radius 3 is 2.22 bits per heavy atom. The summed E-state index contributed by atoms with van der Waals surface area (Å²) in [7, 11) is 1.83. The molecule has 3 heteroatoms. The van der Waals surface area contributed by atoms with Crippen molar-refractivity contribution in [1.82, 2.24) is 9.80 Å². The first-order chi connectivity index (χ1) is 8.80. The van der Waals surface area contributed by atoms with E-state index >= 15 is 0 Å². The van der Waals surface area contributed by atoms with Crippen LogP contribution < -0.4 is 0 Å². The second-order valence-electron chi connectivity index (χ2n) is 5.53. The van der Waals surface area contributed by atoms with E-state index in [1.54, 1.807) is 0 Å². The van der Waals surface area contributed by atoms with E-state index in [4.69, 9.17) is 4.74 Å². The van der Waals surface area contributed by atoms with Gasteiger partial charge in [-0.15, -0.1) is 0 Å². The van der Waals surface area contributed by atoms with Crippen LogP contribution in [0.5, 0.6) is 0 Å². The quantitative estimate of drug-likeness (QED) is 0.630. The van der Waals surface area contributed by atoms with Gasteiger partial charge in [-0.1, -0.05) is 20.3 Å². The topological polar surface area (TPSA) is 15.7 Å². The fourth-order valence-corrected chi connectivity index (χ4v) is 2.89. The molecule has 1 atom stereocenters. The maximum atomic E-state index is 5.31. The van der Waals surface area contributed by atoms with Crippen molar-refractivity contribution in [3.63, 3.8) is 0 Å². The molecule has 0 amide bonds. The van der Waals surface area contributed by atoms with Crippen molar-refractivity contribution in [3.05, 3.63) is 0 Å². The summed E-state index contributed by atoms with van der Waals surface area (Å²) >= 11 is 0. The van der Waals surface area contributed by atoms with E-state index in [2.05, 4.69) is 23.6 Å². The van der Waals surface area contributed by atoms with Crippen LogP contribution in [0.15, 0.2) is 0 Å². The summed E-state index contributed by atoms with van der Waals surface area (Å²) < 4.78 is 5.31. The maximum absolute atomic E-state index is 5.31. The summed E-state index contributed by atoms with van der Waals surface area (Å²) in [6.07, 6.45) is 5.26. The number of hydrogen-bond acceptors (Lipinski definition) is 3. The molecule has 0 aliphatic carbocycles. The van der Waals surface area contributed by atoms with Crippen LogP contribution in [0.4, 0.5) is 0 Å². The first-order valence-corrected chi connectivity index (χ1v) is 7.73. The first-order valence-electron chi connectivity index (χ1n) is 7.73. The SMILES string of the molecule is CCC[C@H](CCCN1CCN(CC)CC1)COC. The lowest BCUT2D eigenvalue weighted by atomic mass is 9.99. The van der Waals surface area contributed by atoms with E-state index in [-0.39, 0.29) is 0 Å². The van der Waals surface area contributed by atoms with Crippen molar-refractivity contribution in [2.45, 2.75) is 39.5 Å². The van der Waals surface area contributed by atoms with Gasteiger partial charge in [0.25, 0.3) is 0 Å². The molecule has 0 spiro atoms. The summed E-state index contributed by atoms with van der Waals surface area (Å²) in [5, 5.41) is 0. The van der Waals surface area contributed by atoms with Crippen molar-refractivity contribution in [1.29, 1.82) is 0 Å². The highest BCUT2D eigenvalue weighted by Crippen LogP contribution is 2.14. The molecule has 0 aromatic carbocycles. The van der Waals surface area contributed by atoms with E-state index in [1.807, 2.05) is 7.11 Å². The van der Waals surface area contributed by atoms with Crippen molar-refractivity contribution in [3.8, 4) is 0 Å². The summed E-state index contributed by atoms with van der Waals surface area (Å²) in [5.41, 5.74) is 0. The van der Waals surface area contributed by atoms with Crippen LogP contribution in [-0.2, 0) is 4.74 Å². The Bertz CT molecular complexity index is 185. The fourth-order valence-electron chi connectivity index (χ4n) is 2.89. The molecular formula is C15H32N2O. The number of methoxy groups -OCH3 is 1. The summed E-state index contributed by atoms with van der Waals surface area (Å²) in [5.74, 6) is 0.775. The van der Waals surface area contributed by atoms with Crippen LogP contribution in [0.1, 0.15) is 39.5 Å². The standard InChI is InChI=1S/C15H32N2O/c1-4-7-15(14-18-3)8-6-9-17-12-10-16(5-2)11-13-17/h15H,4-14H2,1-3H3/t15-/m1/s1. The van der Waals surface area contributed by atoms with Crippen molar-refractivity contribution < 1.29 is 4.74 Å². The molecule has 1 fully saturated rings.